The Balaban J connectivity index is 1.73. The van der Waals surface area contributed by atoms with E-state index >= 15 is 0 Å². The summed E-state index contributed by atoms with van der Waals surface area (Å²) in [6, 6.07) is 4.21. The number of nitrogens with one attached hydrogen (secondary N) is 1. The van der Waals surface area contributed by atoms with Gasteiger partial charge in [-0.05, 0) is 66.7 Å². The van der Waals surface area contributed by atoms with E-state index in [1.54, 1.807) is 6.07 Å². The van der Waals surface area contributed by atoms with Crippen LogP contribution in [0.2, 0.25) is 0 Å². The molecular formula is C23H26F3NO6S. The molecular weight excluding hydrogens is 475 g/mol. The molecule has 3 atom stereocenters. The molecule has 186 valence electrons. The van der Waals surface area contributed by atoms with Gasteiger partial charge in [-0.2, -0.15) is 21.6 Å². The summed E-state index contributed by atoms with van der Waals surface area (Å²) in [4.78, 5) is 12.4. The topological polar surface area (TPSA) is 113 Å². The largest absolute Gasteiger partial charge is 0.411 e. The van der Waals surface area contributed by atoms with Gasteiger partial charge in [0.1, 0.15) is 6.61 Å². The zero-order chi connectivity index (χ0) is 25.1. The fourth-order valence-electron chi connectivity index (χ4n) is 5.74. The molecule has 2 unspecified atom stereocenters. The number of aliphatic hydroxyl groups is 1. The van der Waals surface area contributed by atoms with E-state index < -0.39 is 34.8 Å². The average Bonchev–Trinajstić information content (AvgIpc) is 3.04. The second-order valence-corrected chi connectivity index (χ2v) is 10.7. The molecule has 4 rings (SSSR count). The van der Waals surface area contributed by atoms with Crippen molar-refractivity contribution in [3.63, 3.8) is 0 Å². The van der Waals surface area contributed by atoms with Crippen LogP contribution in [-0.4, -0.2) is 36.8 Å². The van der Waals surface area contributed by atoms with Crippen LogP contribution in [0.3, 0.4) is 0 Å². The van der Waals surface area contributed by atoms with Crippen molar-refractivity contribution >= 4 is 21.8 Å². The summed E-state index contributed by atoms with van der Waals surface area (Å²) in [5.41, 5.74) is 5.09. The number of amides is 1. The van der Waals surface area contributed by atoms with E-state index in [9.17, 15) is 31.5 Å². The number of aryl methyl sites for hydroxylation is 1. The van der Waals surface area contributed by atoms with Gasteiger partial charge in [-0.1, -0.05) is 36.8 Å². The van der Waals surface area contributed by atoms with Crippen molar-refractivity contribution in [3.8, 4) is 0 Å². The normalized spacial score (nSPS) is 26.4. The van der Waals surface area contributed by atoms with Crippen LogP contribution < -0.4 is 4.72 Å². The molecule has 1 saturated carbocycles. The number of hydrogen-bond donors (Lipinski definition) is 3. The molecule has 7 nitrogen and oxygen atoms in total. The fourth-order valence-corrected chi connectivity index (χ4v) is 6.11. The molecule has 0 heterocycles. The number of ether oxygens (including phenoxy) is 1. The monoisotopic (exact) mass is 501 g/mol. The standard InChI is InChI=1S/C23H26F3NO6S/c1-13-7-9-21(2)10-8-17-16-6-4-15(11-14(16)3-5-18(17)19(13)21)23(29,33-12-22(24,25)26)20(28)27-34(30,31)32/h4,6,11,19,29H,1,3,5,7-10,12H2,2H3,(H,27,28)(H,30,31,32)/t19?,21-,23?/m0/s1. The molecule has 0 radical (unpaired) electrons. The van der Waals surface area contributed by atoms with Crippen molar-refractivity contribution in [1.82, 2.24) is 4.72 Å². The second-order valence-electron chi connectivity index (χ2n) is 9.58. The summed E-state index contributed by atoms with van der Waals surface area (Å²) in [5.74, 6) is -4.86. The molecule has 3 aliphatic rings. The van der Waals surface area contributed by atoms with Crippen LogP contribution in [0, 0.1) is 11.3 Å². The third-order valence-corrected chi connectivity index (χ3v) is 7.71. The summed E-state index contributed by atoms with van der Waals surface area (Å²) in [6.45, 7) is 4.54. The van der Waals surface area contributed by atoms with Gasteiger partial charge >= 0.3 is 16.5 Å². The maximum absolute atomic E-state index is 12.8. The first-order valence-corrected chi connectivity index (χ1v) is 12.3. The predicted octanol–water partition coefficient (Wildman–Crippen LogP) is 3.80. The lowest BCUT2D eigenvalue weighted by atomic mass is 9.62. The first-order chi connectivity index (χ1) is 15.6. The molecule has 0 aliphatic heterocycles. The lowest BCUT2D eigenvalue weighted by molar-refractivity contribution is -0.261. The maximum atomic E-state index is 12.8. The third-order valence-electron chi connectivity index (χ3n) is 7.26. The van der Waals surface area contributed by atoms with Crippen LogP contribution in [0.25, 0.3) is 5.57 Å². The van der Waals surface area contributed by atoms with Crippen molar-refractivity contribution < 1.29 is 40.8 Å². The first-order valence-electron chi connectivity index (χ1n) is 10.9. The van der Waals surface area contributed by atoms with Crippen LogP contribution in [0.1, 0.15) is 55.7 Å². The summed E-state index contributed by atoms with van der Waals surface area (Å²) in [6.07, 6.45) is 0.216. The molecule has 1 aromatic rings. The Labute approximate surface area is 195 Å². The summed E-state index contributed by atoms with van der Waals surface area (Å²) >= 11 is 0. The second kappa shape index (κ2) is 8.18. The minimum absolute atomic E-state index is 0.174. The molecule has 34 heavy (non-hydrogen) atoms. The number of halogens is 3. The molecule has 3 N–H and O–H groups in total. The van der Waals surface area contributed by atoms with E-state index in [0.29, 0.717) is 18.4 Å². The van der Waals surface area contributed by atoms with Crippen LogP contribution >= 0.6 is 0 Å². The fraction of sp³-hybridized carbons (Fsp3) is 0.522. The Hall–Kier alpha value is -2.21. The van der Waals surface area contributed by atoms with Gasteiger partial charge in [-0.3, -0.25) is 9.35 Å². The highest BCUT2D eigenvalue weighted by molar-refractivity contribution is 7.84. The smallest absolute Gasteiger partial charge is 0.354 e. The minimum Gasteiger partial charge on any atom is -0.354 e. The predicted molar refractivity (Wildman–Crippen MR) is 116 cm³/mol. The van der Waals surface area contributed by atoms with Gasteiger partial charge in [0.15, 0.2) is 0 Å². The molecule has 3 aliphatic carbocycles. The van der Waals surface area contributed by atoms with E-state index in [1.165, 1.54) is 23.3 Å². The van der Waals surface area contributed by atoms with Crippen molar-refractivity contribution in [2.75, 3.05) is 6.61 Å². The Morgan fingerprint density at radius 2 is 1.91 bits per heavy atom. The quantitative estimate of drug-likeness (QED) is 0.322. The summed E-state index contributed by atoms with van der Waals surface area (Å²) in [7, 11) is -5.16. The zero-order valence-corrected chi connectivity index (χ0v) is 19.4. The van der Waals surface area contributed by atoms with Crippen molar-refractivity contribution in [3.05, 3.63) is 52.6 Å². The van der Waals surface area contributed by atoms with Gasteiger partial charge in [-0.25, -0.2) is 4.72 Å². The number of carbonyl (C=O) groups excluding carboxylic acids is 1. The SMILES string of the molecule is C=C1CC[C@@]2(C)CCC3=C(CCc4cc(C(O)(OCC(F)(F)F)C(=O)NS(=O)(=O)O)ccc43)C12. The minimum atomic E-state index is -5.16. The Morgan fingerprint density at radius 1 is 1.24 bits per heavy atom. The number of alkyl halides is 3. The lowest BCUT2D eigenvalue weighted by Gasteiger charge is -2.42. The number of benzene rings is 1. The van der Waals surface area contributed by atoms with Crippen molar-refractivity contribution in [2.24, 2.45) is 11.3 Å². The highest BCUT2D eigenvalue weighted by Gasteiger charge is 2.48. The van der Waals surface area contributed by atoms with Gasteiger partial charge in [-0.15, -0.1) is 0 Å². The number of hydrogen-bond acceptors (Lipinski definition) is 5. The zero-order valence-electron chi connectivity index (χ0n) is 18.5. The van der Waals surface area contributed by atoms with Gasteiger partial charge in [0, 0.05) is 11.5 Å². The molecule has 0 aromatic heterocycles. The molecule has 1 fully saturated rings. The van der Waals surface area contributed by atoms with Crippen LogP contribution in [-0.2, 0) is 32.0 Å². The maximum Gasteiger partial charge on any atom is 0.411 e. The van der Waals surface area contributed by atoms with Crippen molar-refractivity contribution in [2.45, 2.75) is 57.4 Å². The molecule has 1 aromatic carbocycles. The number of allylic oxidation sites excluding steroid dienone is 3. The molecule has 1 amide bonds. The van der Waals surface area contributed by atoms with E-state index in [1.807, 2.05) is 0 Å². The highest BCUT2D eigenvalue weighted by atomic mass is 32.2. The van der Waals surface area contributed by atoms with E-state index in [-0.39, 0.29) is 16.9 Å². The van der Waals surface area contributed by atoms with Crippen LogP contribution in [0.4, 0.5) is 13.2 Å². The number of rotatable bonds is 5. The third kappa shape index (κ3) is 4.53. The Kier molecular flexibility index (Phi) is 5.99. The number of fused-ring (bicyclic) bond motifs is 4. The van der Waals surface area contributed by atoms with Gasteiger partial charge in [0.05, 0.1) is 0 Å². The first kappa shape index (κ1) is 24.9. The van der Waals surface area contributed by atoms with E-state index in [2.05, 4.69) is 18.2 Å². The van der Waals surface area contributed by atoms with Crippen LogP contribution in [0.15, 0.2) is 35.9 Å². The van der Waals surface area contributed by atoms with E-state index in [0.717, 1.165) is 41.5 Å². The van der Waals surface area contributed by atoms with E-state index in [4.69, 9.17) is 4.55 Å². The Morgan fingerprint density at radius 3 is 2.56 bits per heavy atom. The highest BCUT2D eigenvalue weighted by Crippen LogP contribution is 2.59. The molecule has 0 saturated heterocycles. The summed E-state index contributed by atoms with van der Waals surface area (Å²) in [5, 5.41) is 10.8. The van der Waals surface area contributed by atoms with Crippen molar-refractivity contribution in [1.29, 1.82) is 0 Å². The molecule has 0 spiro atoms. The van der Waals surface area contributed by atoms with Crippen LogP contribution in [0.5, 0.6) is 0 Å². The van der Waals surface area contributed by atoms with Gasteiger partial charge in [0.2, 0.25) is 0 Å². The molecule has 11 heteroatoms. The molecule has 0 bridgehead atoms. The summed E-state index contributed by atoms with van der Waals surface area (Å²) < 4.78 is 75.0. The van der Waals surface area contributed by atoms with Gasteiger partial charge in [0.25, 0.3) is 11.7 Å². The Bertz CT molecular complexity index is 1190. The number of carbonyl (C=O) groups is 1. The average molecular weight is 502 g/mol. The lowest BCUT2D eigenvalue weighted by Crippen LogP contribution is -2.49. The van der Waals surface area contributed by atoms with Gasteiger partial charge < -0.3 is 9.84 Å².